The highest BCUT2D eigenvalue weighted by Gasteiger charge is 2.37. The molecule has 9 heteroatoms. The summed E-state index contributed by atoms with van der Waals surface area (Å²) in [7, 11) is -5.91. The smallest absolute Gasteiger partial charge is 0.485 e. The number of hydrogen-bond acceptors (Lipinski definition) is 4. The molecule has 0 aliphatic rings. The van der Waals surface area contributed by atoms with Gasteiger partial charge in [0.15, 0.2) is 19.9 Å². The van der Waals surface area contributed by atoms with Crippen LogP contribution in [0.25, 0.3) is 0 Å². The van der Waals surface area contributed by atoms with Crippen molar-refractivity contribution in [3.63, 3.8) is 0 Å². The number of alkyl halides is 3. The van der Waals surface area contributed by atoms with E-state index in [1.165, 1.54) is 77.6 Å². The van der Waals surface area contributed by atoms with Gasteiger partial charge in [-0.2, -0.15) is 13.2 Å². The summed E-state index contributed by atoms with van der Waals surface area (Å²) in [6.45, 7) is 9.33. The topological polar surface area (TPSA) is 57.2 Å². The van der Waals surface area contributed by atoms with E-state index in [9.17, 15) is 13.2 Å². The lowest BCUT2D eigenvalue weighted by Gasteiger charge is -2.16. The van der Waals surface area contributed by atoms with Gasteiger partial charge in [-0.3, -0.25) is 0 Å². The van der Waals surface area contributed by atoms with Gasteiger partial charge < -0.3 is 4.55 Å². The van der Waals surface area contributed by atoms with Crippen LogP contribution in [0.15, 0.2) is 69.3 Å². The van der Waals surface area contributed by atoms with Gasteiger partial charge in [0.05, 0.1) is 10.9 Å². The number of benzene rings is 2. The van der Waals surface area contributed by atoms with Crippen LogP contribution in [0.4, 0.5) is 13.2 Å². The number of thioether (sulfide) groups is 1. The molecule has 0 heterocycles. The second-order valence-electron chi connectivity index (χ2n) is 9.39. The van der Waals surface area contributed by atoms with Gasteiger partial charge in [0.1, 0.15) is 5.75 Å². The summed E-state index contributed by atoms with van der Waals surface area (Å²) in [6.07, 6.45) is 10.7. The first-order valence-corrected chi connectivity index (χ1v) is 17.3. The fourth-order valence-electron chi connectivity index (χ4n) is 3.86. The summed E-state index contributed by atoms with van der Waals surface area (Å²) in [5.74, 6) is 4.24. The van der Waals surface area contributed by atoms with E-state index in [0.29, 0.717) is 0 Å². The summed E-state index contributed by atoms with van der Waals surface area (Å²) in [6, 6.07) is 20.8. The summed E-state index contributed by atoms with van der Waals surface area (Å²) in [5, 5.41) is 0. The first-order chi connectivity index (χ1) is 18.0. The van der Waals surface area contributed by atoms with Gasteiger partial charge in [0.25, 0.3) is 0 Å². The Bertz CT molecular complexity index is 982. The van der Waals surface area contributed by atoms with Crippen molar-refractivity contribution in [2.75, 3.05) is 11.5 Å². The van der Waals surface area contributed by atoms with Crippen LogP contribution >= 0.6 is 11.8 Å². The molecule has 216 valence electrons. The second-order valence-corrected chi connectivity index (χ2v) is 13.9. The van der Waals surface area contributed by atoms with E-state index in [2.05, 4.69) is 94.1 Å². The molecule has 2 rings (SSSR count). The van der Waals surface area contributed by atoms with Gasteiger partial charge in [-0.15, -0.1) is 11.8 Å². The van der Waals surface area contributed by atoms with Gasteiger partial charge in [-0.05, 0) is 61.6 Å². The van der Waals surface area contributed by atoms with Gasteiger partial charge in [0, 0.05) is 16.6 Å². The van der Waals surface area contributed by atoms with E-state index in [1.54, 1.807) is 0 Å². The van der Waals surface area contributed by atoms with E-state index < -0.39 is 15.6 Å². The predicted molar refractivity (Wildman–Crippen MR) is 155 cm³/mol. The van der Waals surface area contributed by atoms with Gasteiger partial charge in [-0.25, -0.2) is 8.42 Å². The Morgan fingerprint density at radius 1 is 0.816 bits per heavy atom. The van der Waals surface area contributed by atoms with Gasteiger partial charge in [0.2, 0.25) is 0 Å². The van der Waals surface area contributed by atoms with E-state index in [1.807, 2.05) is 0 Å². The van der Waals surface area contributed by atoms with Crippen molar-refractivity contribution in [1.82, 2.24) is 0 Å². The fraction of sp³-hybridized carbons (Fsp3) is 0.586. The zero-order valence-corrected chi connectivity index (χ0v) is 25.5. The summed E-state index contributed by atoms with van der Waals surface area (Å²) in [4.78, 5) is 4.44. The lowest BCUT2D eigenvalue weighted by atomic mass is 10.0. The highest BCUT2D eigenvalue weighted by molar-refractivity contribution is 7.99. The van der Waals surface area contributed by atoms with E-state index in [0.717, 1.165) is 11.8 Å². The first kappa shape index (κ1) is 34.9. The molecular formula is C29H43F3O3S3. The maximum atomic E-state index is 10.7. The van der Waals surface area contributed by atoms with Gasteiger partial charge >= 0.3 is 5.51 Å². The minimum absolute atomic E-state index is 0.179. The Hall–Kier alpha value is -1.16. The van der Waals surface area contributed by atoms with E-state index in [4.69, 9.17) is 13.0 Å². The molecule has 0 spiro atoms. The average molecular weight is 593 g/mol. The quantitative estimate of drug-likeness (QED) is 0.0895. The SMILES string of the molecule is CCCCC(CC)CSc1ccc([S+](CC(CC)CCCC)c2ccccc2)cc1.O=S(=O)([O-])C(F)(F)F. The Kier molecular flexibility index (Phi) is 16.7. The number of halogens is 3. The Balaban J connectivity index is 0.000000781. The zero-order valence-electron chi connectivity index (χ0n) is 23.0. The van der Waals surface area contributed by atoms with Crippen molar-refractivity contribution in [2.45, 2.75) is 99.3 Å². The van der Waals surface area contributed by atoms with Crippen molar-refractivity contribution < 1.29 is 26.1 Å². The molecule has 0 aliphatic carbocycles. The molecule has 0 radical (unpaired) electrons. The molecule has 0 aliphatic heterocycles. The summed E-state index contributed by atoms with van der Waals surface area (Å²) in [5.41, 5.74) is -5.65. The largest absolute Gasteiger partial charge is 0.741 e. The third-order valence-electron chi connectivity index (χ3n) is 6.39. The van der Waals surface area contributed by atoms with Crippen molar-refractivity contribution in [3.05, 3.63) is 54.6 Å². The molecule has 0 amide bonds. The first-order valence-electron chi connectivity index (χ1n) is 13.5. The molecule has 0 saturated heterocycles. The predicted octanol–water partition coefficient (Wildman–Crippen LogP) is 9.30. The molecule has 0 bridgehead atoms. The van der Waals surface area contributed by atoms with E-state index >= 15 is 0 Å². The Morgan fingerprint density at radius 3 is 1.74 bits per heavy atom. The highest BCUT2D eigenvalue weighted by Crippen LogP contribution is 2.31. The molecular weight excluding hydrogens is 550 g/mol. The van der Waals surface area contributed by atoms with E-state index in [-0.39, 0.29) is 10.9 Å². The lowest BCUT2D eigenvalue weighted by Crippen LogP contribution is -2.21. The van der Waals surface area contributed by atoms with Crippen molar-refractivity contribution in [3.8, 4) is 0 Å². The van der Waals surface area contributed by atoms with Crippen LogP contribution in [0.2, 0.25) is 0 Å². The van der Waals surface area contributed by atoms with Gasteiger partial charge in [-0.1, -0.05) is 78.0 Å². The van der Waals surface area contributed by atoms with Crippen LogP contribution in [-0.2, 0) is 21.0 Å². The third kappa shape index (κ3) is 13.3. The fourth-order valence-corrected chi connectivity index (χ4v) is 7.50. The normalized spacial score (nSPS) is 14.3. The number of hydrogen-bond donors (Lipinski definition) is 0. The molecule has 3 nitrogen and oxygen atoms in total. The van der Waals surface area contributed by atoms with Crippen molar-refractivity contribution >= 4 is 32.8 Å². The molecule has 0 saturated carbocycles. The summed E-state index contributed by atoms with van der Waals surface area (Å²) >= 11 is 2.05. The average Bonchev–Trinajstić information content (AvgIpc) is 2.89. The molecule has 2 aromatic carbocycles. The molecule has 2 aromatic rings. The van der Waals surface area contributed by atoms with Crippen molar-refractivity contribution in [2.24, 2.45) is 11.8 Å². The van der Waals surface area contributed by atoms with Crippen LogP contribution < -0.4 is 0 Å². The lowest BCUT2D eigenvalue weighted by molar-refractivity contribution is -0.0517. The zero-order chi connectivity index (χ0) is 28.6. The third-order valence-corrected chi connectivity index (χ3v) is 10.7. The summed E-state index contributed by atoms with van der Waals surface area (Å²) < 4.78 is 58.9. The maximum absolute atomic E-state index is 10.7. The Labute approximate surface area is 235 Å². The van der Waals surface area contributed by atoms with Crippen LogP contribution in [0.1, 0.15) is 79.1 Å². The van der Waals surface area contributed by atoms with Crippen LogP contribution in [0.5, 0.6) is 0 Å². The van der Waals surface area contributed by atoms with Crippen LogP contribution in [0.3, 0.4) is 0 Å². The van der Waals surface area contributed by atoms with Crippen LogP contribution in [-0.4, -0.2) is 30.0 Å². The molecule has 0 fully saturated rings. The molecule has 0 aromatic heterocycles. The monoisotopic (exact) mass is 592 g/mol. The highest BCUT2D eigenvalue weighted by atomic mass is 32.2. The Morgan fingerprint density at radius 2 is 1.29 bits per heavy atom. The molecule has 3 atom stereocenters. The maximum Gasteiger partial charge on any atom is 0.485 e. The number of unbranched alkanes of at least 4 members (excludes halogenated alkanes) is 2. The number of rotatable bonds is 15. The standard InChI is InChI=1S/C28H43S2.CHF3O3S/c1-5-9-14-24(7-3)22-29-26-18-20-28(21-19-26)30(27-16-12-11-13-17-27)23-25(8-4)15-10-6-2;2-1(3,4)8(5,6)7/h11-13,16-21,24-25H,5-10,14-15,22-23H2,1-4H3;(H,5,6,7)/q+1;/p-1. The second kappa shape index (κ2) is 18.2. The molecule has 3 unspecified atom stereocenters. The minimum Gasteiger partial charge on any atom is -0.741 e. The molecule has 38 heavy (non-hydrogen) atoms. The van der Waals surface area contributed by atoms with Crippen LogP contribution in [0, 0.1) is 11.8 Å². The molecule has 0 N–H and O–H groups in total. The minimum atomic E-state index is -6.09. The van der Waals surface area contributed by atoms with Crippen molar-refractivity contribution in [1.29, 1.82) is 0 Å².